The van der Waals surface area contributed by atoms with Gasteiger partial charge in [-0.2, -0.15) is 0 Å². The number of amides is 1. The molecule has 0 bridgehead atoms. The zero-order chi connectivity index (χ0) is 21.7. The average Bonchev–Trinajstić information content (AvgIpc) is 3.02. The summed E-state index contributed by atoms with van der Waals surface area (Å²) in [6, 6.07) is 9.02. The summed E-state index contributed by atoms with van der Waals surface area (Å²) in [6.45, 7) is 5.64. The van der Waals surface area contributed by atoms with E-state index in [1.807, 2.05) is 0 Å². The van der Waals surface area contributed by atoms with Crippen LogP contribution in [-0.4, -0.2) is 28.5 Å². The number of pyridine rings is 1. The summed E-state index contributed by atoms with van der Waals surface area (Å²) in [5, 5.41) is 2.81. The normalized spacial score (nSPS) is 10.5. The number of benzene rings is 1. The van der Waals surface area contributed by atoms with Gasteiger partial charge in [-0.05, 0) is 62.2 Å². The van der Waals surface area contributed by atoms with Crippen LogP contribution in [0.3, 0.4) is 0 Å². The Balaban J connectivity index is 1.67. The lowest BCUT2D eigenvalue weighted by Crippen LogP contribution is -2.24. The summed E-state index contributed by atoms with van der Waals surface area (Å²) < 4.78 is 23.7. The fourth-order valence-corrected chi connectivity index (χ4v) is 3.00. The van der Waals surface area contributed by atoms with Gasteiger partial charge in [0, 0.05) is 24.5 Å². The molecule has 2 N–H and O–H groups in total. The first-order valence-corrected chi connectivity index (χ1v) is 9.42. The largest absolute Gasteiger partial charge is 0.462 e. The number of esters is 1. The standard InChI is InChI=1S/C22H22FN3O4/c1-4-29-22(28)19-13(2)20(26-14(19)3)21(27)25-12-15-9-10-24-18(11-15)30-17-7-5-16(23)6-8-17/h5-11,26H,4,12H2,1-3H3,(H,25,27). The molecule has 0 radical (unpaired) electrons. The molecule has 2 aromatic heterocycles. The van der Waals surface area contributed by atoms with Gasteiger partial charge < -0.3 is 19.8 Å². The molecule has 3 aromatic rings. The lowest BCUT2D eigenvalue weighted by Gasteiger charge is -2.08. The molecular weight excluding hydrogens is 389 g/mol. The molecule has 0 atom stereocenters. The molecule has 1 amide bonds. The van der Waals surface area contributed by atoms with Crippen molar-refractivity contribution in [3.63, 3.8) is 0 Å². The quantitative estimate of drug-likeness (QED) is 0.572. The van der Waals surface area contributed by atoms with Gasteiger partial charge in [0.2, 0.25) is 5.88 Å². The minimum absolute atomic E-state index is 0.230. The van der Waals surface area contributed by atoms with E-state index in [4.69, 9.17) is 9.47 Å². The Bertz CT molecular complexity index is 1060. The van der Waals surface area contributed by atoms with Crippen LogP contribution >= 0.6 is 0 Å². The Morgan fingerprint density at radius 1 is 1.17 bits per heavy atom. The highest BCUT2D eigenvalue weighted by atomic mass is 19.1. The maximum absolute atomic E-state index is 13.0. The smallest absolute Gasteiger partial charge is 0.340 e. The van der Waals surface area contributed by atoms with Crippen molar-refractivity contribution in [1.29, 1.82) is 0 Å². The summed E-state index contributed by atoms with van der Waals surface area (Å²) in [7, 11) is 0. The second kappa shape index (κ2) is 9.21. The fourth-order valence-electron chi connectivity index (χ4n) is 3.00. The zero-order valence-corrected chi connectivity index (χ0v) is 16.9. The van der Waals surface area contributed by atoms with Crippen LogP contribution in [0.25, 0.3) is 0 Å². The summed E-state index contributed by atoms with van der Waals surface area (Å²) in [6.07, 6.45) is 1.56. The van der Waals surface area contributed by atoms with Crippen molar-refractivity contribution in [3.8, 4) is 11.6 Å². The maximum atomic E-state index is 13.0. The number of ether oxygens (including phenoxy) is 2. The minimum atomic E-state index is -0.459. The van der Waals surface area contributed by atoms with Crippen LogP contribution in [0.4, 0.5) is 4.39 Å². The minimum Gasteiger partial charge on any atom is -0.462 e. The molecule has 8 heteroatoms. The third-order valence-corrected chi connectivity index (χ3v) is 4.43. The van der Waals surface area contributed by atoms with Gasteiger partial charge >= 0.3 is 5.97 Å². The van der Waals surface area contributed by atoms with E-state index in [1.54, 1.807) is 39.1 Å². The molecular formula is C22H22FN3O4. The van der Waals surface area contributed by atoms with Crippen LogP contribution in [0.5, 0.6) is 11.6 Å². The van der Waals surface area contributed by atoms with Gasteiger partial charge in [0.15, 0.2) is 0 Å². The molecule has 0 saturated heterocycles. The third-order valence-electron chi connectivity index (χ3n) is 4.43. The average molecular weight is 411 g/mol. The highest BCUT2D eigenvalue weighted by molar-refractivity contribution is 6.00. The first-order chi connectivity index (χ1) is 14.4. The van der Waals surface area contributed by atoms with E-state index < -0.39 is 5.97 Å². The van der Waals surface area contributed by atoms with E-state index in [9.17, 15) is 14.0 Å². The maximum Gasteiger partial charge on any atom is 0.340 e. The summed E-state index contributed by atoms with van der Waals surface area (Å²) >= 11 is 0. The Morgan fingerprint density at radius 2 is 1.90 bits per heavy atom. The molecule has 0 unspecified atom stereocenters. The molecule has 30 heavy (non-hydrogen) atoms. The molecule has 156 valence electrons. The second-order valence-corrected chi connectivity index (χ2v) is 6.59. The summed E-state index contributed by atoms with van der Waals surface area (Å²) in [5.74, 6) is -0.380. The lowest BCUT2D eigenvalue weighted by molar-refractivity contribution is 0.0525. The van der Waals surface area contributed by atoms with Crippen LogP contribution in [0.15, 0.2) is 42.6 Å². The van der Waals surface area contributed by atoms with Crippen molar-refractivity contribution in [2.45, 2.75) is 27.3 Å². The van der Waals surface area contributed by atoms with Crippen LogP contribution in [0, 0.1) is 19.7 Å². The molecule has 0 fully saturated rings. The van der Waals surface area contributed by atoms with Crippen molar-refractivity contribution < 1.29 is 23.5 Å². The molecule has 7 nitrogen and oxygen atoms in total. The van der Waals surface area contributed by atoms with E-state index in [0.29, 0.717) is 34.1 Å². The Kier molecular flexibility index (Phi) is 6.46. The number of H-pyrrole nitrogens is 1. The van der Waals surface area contributed by atoms with Crippen LogP contribution < -0.4 is 10.1 Å². The molecule has 0 aliphatic heterocycles. The predicted octanol–water partition coefficient (Wildman–Crippen LogP) is 4.06. The molecule has 1 aromatic carbocycles. The topological polar surface area (TPSA) is 93.3 Å². The highest BCUT2D eigenvalue weighted by Crippen LogP contribution is 2.21. The Morgan fingerprint density at radius 3 is 2.60 bits per heavy atom. The Hall–Kier alpha value is -3.68. The number of nitrogens with one attached hydrogen (secondary N) is 2. The number of carbonyl (C=O) groups excluding carboxylic acids is 2. The third kappa shape index (κ3) is 4.83. The van der Waals surface area contributed by atoms with Crippen LogP contribution in [-0.2, 0) is 11.3 Å². The lowest BCUT2D eigenvalue weighted by atomic mass is 10.1. The van der Waals surface area contributed by atoms with Crippen molar-refractivity contribution in [2.75, 3.05) is 6.61 Å². The van der Waals surface area contributed by atoms with E-state index in [2.05, 4.69) is 15.3 Å². The van der Waals surface area contributed by atoms with Gasteiger partial charge in [-0.25, -0.2) is 14.2 Å². The molecule has 0 spiro atoms. The van der Waals surface area contributed by atoms with Gasteiger partial charge in [-0.1, -0.05) is 0 Å². The number of hydrogen-bond donors (Lipinski definition) is 2. The Labute approximate surface area is 173 Å². The number of hydrogen-bond acceptors (Lipinski definition) is 5. The first-order valence-electron chi connectivity index (χ1n) is 9.42. The zero-order valence-electron chi connectivity index (χ0n) is 16.9. The summed E-state index contributed by atoms with van der Waals surface area (Å²) in [5.41, 5.74) is 2.57. The number of aryl methyl sites for hydroxylation is 1. The van der Waals surface area contributed by atoms with Crippen LogP contribution in [0.1, 0.15) is 44.6 Å². The predicted molar refractivity (Wildman–Crippen MR) is 108 cm³/mol. The molecule has 0 aliphatic rings. The van der Waals surface area contributed by atoms with Gasteiger partial charge in [0.25, 0.3) is 5.91 Å². The van der Waals surface area contributed by atoms with Crippen molar-refractivity contribution >= 4 is 11.9 Å². The molecule has 0 saturated carbocycles. The van der Waals surface area contributed by atoms with E-state index in [-0.39, 0.29) is 24.9 Å². The molecule has 3 rings (SSSR count). The first kappa shape index (κ1) is 21.0. The van der Waals surface area contributed by atoms with Crippen molar-refractivity contribution in [1.82, 2.24) is 15.3 Å². The second-order valence-electron chi connectivity index (χ2n) is 6.59. The SMILES string of the molecule is CCOC(=O)c1c(C)[nH]c(C(=O)NCc2ccnc(Oc3ccc(F)cc3)c2)c1C. The van der Waals surface area contributed by atoms with Gasteiger partial charge in [-0.15, -0.1) is 0 Å². The number of aromatic amines is 1. The fraction of sp³-hybridized carbons (Fsp3) is 0.227. The monoisotopic (exact) mass is 411 g/mol. The molecule has 0 aliphatic carbocycles. The van der Waals surface area contributed by atoms with Crippen molar-refractivity contribution in [3.05, 3.63) is 76.5 Å². The molecule has 2 heterocycles. The van der Waals surface area contributed by atoms with Gasteiger partial charge in [0.05, 0.1) is 12.2 Å². The highest BCUT2D eigenvalue weighted by Gasteiger charge is 2.22. The number of carbonyl (C=O) groups is 2. The van der Waals surface area contributed by atoms with Crippen molar-refractivity contribution in [2.24, 2.45) is 0 Å². The number of nitrogens with zero attached hydrogens (tertiary/aromatic N) is 1. The number of aromatic nitrogens is 2. The number of rotatable bonds is 7. The van der Waals surface area contributed by atoms with Crippen LogP contribution in [0.2, 0.25) is 0 Å². The van der Waals surface area contributed by atoms with E-state index in [1.165, 1.54) is 24.3 Å². The van der Waals surface area contributed by atoms with E-state index in [0.717, 1.165) is 5.56 Å². The van der Waals surface area contributed by atoms with Gasteiger partial charge in [-0.3, -0.25) is 4.79 Å². The number of halogens is 1. The van der Waals surface area contributed by atoms with E-state index >= 15 is 0 Å². The summed E-state index contributed by atoms with van der Waals surface area (Å²) in [4.78, 5) is 31.8. The van der Waals surface area contributed by atoms with Gasteiger partial charge in [0.1, 0.15) is 17.3 Å².